The molecule has 0 amide bonds. The summed E-state index contributed by atoms with van der Waals surface area (Å²) in [6.07, 6.45) is 1.46. The first-order valence-electron chi connectivity index (χ1n) is 6.69. The number of hydrogen-bond donors (Lipinski definition) is 0. The van der Waals surface area contributed by atoms with Crippen molar-refractivity contribution in [3.8, 4) is 0 Å². The third-order valence-corrected chi connectivity index (χ3v) is 4.05. The van der Waals surface area contributed by atoms with Gasteiger partial charge in [0.05, 0.1) is 13.7 Å². The van der Waals surface area contributed by atoms with Crippen LogP contribution < -0.4 is 0 Å². The first-order chi connectivity index (χ1) is 8.92. The van der Waals surface area contributed by atoms with Crippen molar-refractivity contribution < 1.29 is 23.9 Å². The Labute approximate surface area is 113 Å². The Kier molecular flexibility index (Phi) is 5.09. The van der Waals surface area contributed by atoms with Crippen LogP contribution in [0.5, 0.6) is 0 Å². The summed E-state index contributed by atoms with van der Waals surface area (Å²) in [5.74, 6) is -0.833. The fourth-order valence-corrected chi connectivity index (χ4v) is 2.36. The van der Waals surface area contributed by atoms with E-state index in [2.05, 4.69) is 0 Å². The lowest BCUT2D eigenvalue weighted by molar-refractivity contribution is -0.172. The van der Waals surface area contributed by atoms with Crippen LogP contribution >= 0.6 is 0 Å². The third-order valence-electron chi connectivity index (χ3n) is 4.05. The van der Waals surface area contributed by atoms with E-state index in [1.54, 1.807) is 20.8 Å². The second-order valence-electron chi connectivity index (χ2n) is 5.09. The molecule has 1 saturated carbocycles. The summed E-state index contributed by atoms with van der Waals surface area (Å²) in [6.45, 7) is 5.28. The van der Waals surface area contributed by atoms with Gasteiger partial charge in [-0.3, -0.25) is 14.4 Å². The van der Waals surface area contributed by atoms with Gasteiger partial charge in [-0.05, 0) is 26.2 Å². The minimum Gasteiger partial charge on any atom is -0.468 e. The van der Waals surface area contributed by atoms with Crippen molar-refractivity contribution in [1.29, 1.82) is 0 Å². The van der Waals surface area contributed by atoms with E-state index in [0.29, 0.717) is 12.8 Å². The highest BCUT2D eigenvalue weighted by Crippen LogP contribution is 2.40. The first kappa shape index (κ1) is 15.7. The van der Waals surface area contributed by atoms with Gasteiger partial charge in [0.1, 0.15) is 5.78 Å². The zero-order chi connectivity index (χ0) is 14.6. The monoisotopic (exact) mass is 270 g/mol. The van der Waals surface area contributed by atoms with Gasteiger partial charge < -0.3 is 9.47 Å². The molecule has 5 heteroatoms. The second kappa shape index (κ2) is 6.17. The third kappa shape index (κ3) is 3.14. The molecule has 2 unspecified atom stereocenters. The van der Waals surface area contributed by atoms with Crippen molar-refractivity contribution in [3.63, 3.8) is 0 Å². The second-order valence-corrected chi connectivity index (χ2v) is 5.09. The molecule has 2 atom stereocenters. The van der Waals surface area contributed by atoms with Gasteiger partial charge in [-0.1, -0.05) is 13.8 Å². The molecule has 0 aliphatic heterocycles. The molecule has 1 aliphatic rings. The lowest BCUT2D eigenvalue weighted by Crippen LogP contribution is -2.41. The van der Waals surface area contributed by atoms with Gasteiger partial charge in [0.2, 0.25) is 0 Å². The van der Waals surface area contributed by atoms with E-state index in [1.807, 2.05) is 0 Å². The van der Waals surface area contributed by atoms with Crippen molar-refractivity contribution in [3.05, 3.63) is 0 Å². The molecule has 1 rings (SSSR count). The van der Waals surface area contributed by atoms with E-state index in [1.165, 1.54) is 7.11 Å². The molecular formula is C14H22O5. The van der Waals surface area contributed by atoms with E-state index in [4.69, 9.17) is 9.47 Å². The molecule has 0 saturated heterocycles. The van der Waals surface area contributed by atoms with Gasteiger partial charge in [-0.2, -0.15) is 0 Å². The molecule has 0 bridgehead atoms. The Bertz CT molecular complexity index is 370. The van der Waals surface area contributed by atoms with Crippen LogP contribution in [0.1, 0.15) is 40.0 Å². The van der Waals surface area contributed by atoms with Crippen LogP contribution in [0.4, 0.5) is 0 Å². The zero-order valence-corrected chi connectivity index (χ0v) is 12.0. The van der Waals surface area contributed by atoms with Crippen molar-refractivity contribution in [2.45, 2.75) is 40.0 Å². The number of ether oxygens (including phenoxy) is 2. The van der Waals surface area contributed by atoms with Crippen molar-refractivity contribution in [1.82, 2.24) is 0 Å². The van der Waals surface area contributed by atoms with Crippen LogP contribution in [-0.4, -0.2) is 31.4 Å². The molecule has 0 heterocycles. The van der Waals surface area contributed by atoms with Gasteiger partial charge in [-0.25, -0.2) is 0 Å². The highest BCUT2D eigenvalue weighted by molar-refractivity contribution is 5.99. The first-order valence-corrected chi connectivity index (χ1v) is 6.69. The number of rotatable bonds is 7. The maximum absolute atomic E-state index is 12.1. The van der Waals surface area contributed by atoms with Crippen LogP contribution in [0.15, 0.2) is 0 Å². The smallest absolute Gasteiger partial charge is 0.323 e. The van der Waals surface area contributed by atoms with Gasteiger partial charge >= 0.3 is 11.9 Å². The lowest BCUT2D eigenvalue weighted by Gasteiger charge is -2.26. The molecular weight excluding hydrogens is 248 g/mol. The lowest BCUT2D eigenvalue weighted by atomic mass is 9.82. The largest absolute Gasteiger partial charge is 0.468 e. The average Bonchev–Trinajstić information content (AvgIpc) is 3.17. The summed E-state index contributed by atoms with van der Waals surface area (Å²) in [5.41, 5.74) is -1.21. The average molecular weight is 270 g/mol. The van der Waals surface area contributed by atoms with Crippen LogP contribution in [0.3, 0.4) is 0 Å². The van der Waals surface area contributed by atoms with E-state index < -0.39 is 17.4 Å². The molecule has 1 fully saturated rings. The number of Topliss-reactive ketones (excluding diaryl/α,β-unsaturated/α-hetero) is 1. The summed E-state index contributed by atoms with van der Waals surface area (Å²) < 4.78 is 9.93. The van der Waals surface area contributed by atoms with Crippen molar-refractivity contribution in [2.75, 3.05) is 13.7 Å². The fraction of sp³-hybridized carbons (Fsp3) is 0.786. The van der Waals surface area contributed by atoms with E-state index in [9.17, 15) is 14.4 Å². The molecule has 0 aromatic carbocycles. The normalized spacial score (nSPS) is 21.7. The van der Waals surface area contributed by atoms with Crippen LogP contribution in [-0.2, 0) is 23.9 Å². The Morgan fingerprint density at radius 3 is 2.11 bits per heavy atom. The number of methoxy groups -OCH3 is 1. The quantitative estimate of drug-likeness (QED) is 0.520. The molecule has 19 heavy (non-hydrogen) atoms. The summed E-state index contributed by atoms with van der Waals surface area (Å²) in [4.78, 5) is 35.0. The Morgan fingerprint density at radius 1 is 1.16 bits per heavy atom. The number of esters is 2. The number of carbonyl (C=O) groups excluding carboxylic acids is 3. The van der Waals surface area contributed by atoms with Gasteiger partial charge in [0.25, 0.3) is 0 Å². The van der Waals surface area contributed by atoms with Gasteiger partial charge in [-0.15, -0.1) is 0 Å². The Morgan fingerprint density at radius 2 is 1.74 bits per heavy atom. The molecule has 0 radical (unpaired) electrons. The number of hydrogen-bond acceptors (Lipinski definition) is 5. The topological polar surface area (TPSA) is 69.7 Å². The van der Waals surface area contributed by atoms with E-state index >= 15 is 0 Å². The Hall–Kier alpha value is -1.39. The fourth-order valence-electron chi connectivity index (χ4n) is 2.36. The Balaban J connectivity index is 2.59. The van der Waals surface area contributed by atoms with Crippen molar-refractivity contribution >= 4 is 17.7 Å². The molecule has 0 spiro atoms. The molecule has 1 aliphatic carbocycles. The minimum atomic E-state index is -1.21. The molecule has 5 nitrogen and oxygen atoms in total. The minimum absolute atomic E-state index is 0.0172. The summed E-state index contributed by atoms with van der Waals surface area (Å²) in [6, 6.07) is 0. The summed E-state index contributed by atoms with van der Waals surface area (Å²) >= 11 is 0. The number of ketones is 1. The van der Waals surface area contributed by atoms with E-state index in [-0.39, 0.29) is 24.2 Å². The predicted octanol–water partition coefficient (Wildman–Crippen LogP) is 1.73. The molecule has 108 valence electrons. The summed E-state index contributed by atoms with van der Waals surface area (Å²) in [7, 11) is 1.27. The predicted molar refractivity (Wildman–Crippen MR) is 68.3 cm³/mol. The molecule has 0 aromatic heterocycles. The highest BCUT2D eigenvalue weighted by Gasteiger charge is 2.47. The SMILES string of the molecule is CCC(CC)(C(=O)OC)C(=O)OCC1CC1C(C)=O. The van der Waals surface area contributed by atoms with Gasteiger partial charge in [0.15, 0.2) is 5.41 Å². The maximum atomic E-state index is 12.1. The van der Waals surface area contributed by atoms with Crippen LogP contribution in [0.25, 0.3) is 0 Å². The van der Waals surface area contributed by atoms with Crippen LogP contribution in [0.2, 0.25) is 0 Å². The highest BCUT2D eigenvalue weighted by atomic mass is 16.6. The molecule has 0 N–H and O–H groups in total. The van der Waals surface area contributed by atoms with Crippen molar-refractivity contribution in [2.24, 2.45) is 17.3 Å². The summed E-state index contributed by atoms with van der Waals surface area (Å²) in [5, 5.41) is 0. The van der Waals surface area contributed by atoms with Crippen LogP contribution in [0, 0.1) is 17.3 Å². The zero-order valence-electron chi connectivity index (χ0n) is 12.0. The molecule has 0 aromatic rings. The van der Waals surface area contributed by atoms with E-state index in [0.717, 1.165) is 6.42 Å². The van der Waals surface area contributed by atoms with Gasteiger partial charge in [0, 0.05) is 11.8 Å². The number of carbonyl (C=O) groups is 3. The standard InChI is InChI=1S/C14H22O5/c1-5-14(6-2,12(16)18-4)13(17)19-8-10-7-11(10)9(3)15/h10-11H,5-8H2,1-4H3. The maximum Gasteiger partial charge on any atom is 0.323 e.